The van der Waals surface area contributed by atoms with Crippen molar-refractivity contribution >= 4 is 0 Å². The number of rotatable bonds is 2. The van der Waals surface area contributed by atoms with Crippen LogP contribution in [0.25, 0.3) is 0 Å². The lowest BCUT2D eigenvalue weighted by molar-refractivity contribution is 0.235. The fraction of sp³-hybridized carbons (Fsp3) is 1.00. The summed E-state index contributed by atoms with van der Waals surface area (Å²) >= 11 is 0. The normalized spacial score (nSPS) is 31.3. The van der Waals surface area contributed by atoms with Crippen molar-refractivity contribution in [1.82, 2.24) is 0 Å². The second-order valence-electron chi connectivity index (χ2n) is 3.72. The van der Waals surface area contributed by atoms with Gasteiger partial charge in [0, 0.05) is 0 Å². The van der Waals surface area contributed by atoms with E-state index in [0.29, 0.717) is 0 Å². The molecule has 0 N–H and O–H groups in total. The molecular weight excluding hydrogens is 136 g/mol. The van der Waals surface area contributed by atoms with Gasteiger partial charge in [0.25, 0.3) is 0 Å². The van der Waals surface area contributed by atoms with Crippen LogP contribution in [0.2, 0.25) is 0 Å². The molecule has 1 heterocycles. The summed E-state index contributed by atoms with van der Waals surface area (Å²) in [4.78, 5) is 0. The molecule has 2 nitrogen and oxygen atoms in total. The van der Waals surface area contributed by atoms with Gasteiger partial charge in [-0.3, -0.25) is 0 Å². The maximum atomic E-state index is 4.10. The number of azo groups is 1. The minimum Gasteiger partial charge on any atom is -0.194 e. The summed E-state index contributed by atoms with van der Waals surface area (Å²) in [6, 6.07) is 0. The molecule has 1 aliphatic heterocycles. The largest absolute Gasteiger partial charge is 0.194 e. The van der Waals surface area contributed by atoms with Gasteiger partial charge >= 0.3 is 0 Å². The summed E-state index contributed by atoms with van der Waals surface area (Å²) in [6.45, 7) is 8.73. The van der Waals surface area contributed by atoms with Crippen LogP contribution in [0.4, 0.5) is 0 Å². The first-order valence-electron chi connectivity index (χ1n) is 4.59. The Morgan fingerprint density at radius 2 is 1.91 bits per heavy atom. The summed E-state index contributed by atoms with van der Waals surface area (Å²) < 4.78 is 0. The van der Waals surface area contributed by atoms with Gasteiger partial charge in [0.1, 0.15) is 0 Å². The predicted octanol–water partition coefficient (Wildman–Crippen LogP) is 2.75. The van der Waals surface area contributed by atoms with Crippen LogP contribution in [0.3, 0.4) is 0 Å². The molecule has 0 saturated carbocycles. The van der Waals surface area contributed by atoms with Crippen molar-refractivity contribution in [1.29, 1.82) is 0 Å². The molecule has 0 spiro atoms. The van der Waals surface area contributed by atoms with E-state index in [4.69, 9.17) is 0 Å². The molecule has 0 aromatic heterocycles. The Hall–Kier alpha value is -0.400. The topological polar surface area (TPSA) is 24.7 Å². The highest BCUT2D eigenvalue weighted by Crippen LogP contribution is 2.27. The SMILES string of the molecule is CCC1CN=NCC1C(C)C. The Kier molecular flexibility index (Phi) is 3.03. The Morgan fingerprint density at radius 1 is 1.27 bits per heavy atom. The molecule has 64 valence electrons. The van der Waals surface area contributed by atoms with Crippen molar-refractivity contribution in [2.45, 2.75) is 27.2 Å². The van der Waals surface area contributed by atoms with E-state index in [9.17, 15) is 0 Å². The first kappa shape index (κ1) is 8.69. The molecule has 0 fully saturated rings. The van der Waals surface area contributed by atoms with Gasteiger partial charge in [-0.25, -0.2) is 0 Å². The number of hydrogen-bond acceptors (Lipinski definition) is 2. The lowest BCUT2D eigenvalue weighted by Crippen LogP contribution is -2.27. The molecule has 1 aliphatic rings. The first-order chi connectivity index (χ1) is 5.25. The second kappa shape index (κ2) is 3.84. The summed E-state index contributed by atoms with van der Waals surface area (Å²) in [5.74, 6) is 2.32. The molecule has 0 aromatic rings. The standard InChI is InChI=1S/C9H18N2/c1-4-8-5-10-11-6-9(8)7(2)3/h7-9H,4-6H2,1-3H3. The molecule has 0 radical (unpaired) electrons. The van der Waals surface area contributed by atoms with E-state index in [-0.39, 0.29) is 0 Å². The fourth-order valence-corrected chi connectivity index (χ4v) is 1.79. The highest BCUT2D eigenvalue weighted by Gasteiger charge is 2.24. The average molecular weight is 154 g/mol. The van der Waals surface area contributed by atoms with Gasteiger partial charge < -0.3 is 0 Å². The van der Waals surface area contributed by atoms with Crippen molar-refractivity contribution in [2.75, 3.05) is 13.1 Å². The van der Waals surface area contributed by atoms with Crippen LogP contribution in [-0.4, -0.2) is 13.1 Å². The molecule has 2 atom stereocenters. The van der Waals surface area contributed by atoms with Gasteiger partial charge in [0.2, 0.25) is 0 Å². The van der Waals surface area contributed by atoms with Gasteiger partial charge in [-0.15, -0.1) is 0 Å². The molecule has 0 amide bonds. The summed E-state index contributed by atoms with van der Waals surface area (Å²) in [5.41, 5.74) is 0. The monoisotopic (exact) mass is 154 g/mol. The van der Waals surface area contributed by atoms with Crippen molar-refractivity contribution in [3.8, 4) is 0 Å². The van der Waals surface area contributed by atoms with E-state index >= 15 is 0 Å². The summed E-state index contributed by atoms with van der Waals surface area (Å²) in [7, 11) is 0. The van der Waals surface area contributed by atoms with Gasteiger partial charge in [-0.05, 0) is 17.8 Å². The molecule has 0 saturated heterocycles. The molecule has 0 aliphatic carbocycles. The molecule has 2 heteroatoms. The van der Waals surface area contributed by atoms with Crippen LogP contribution in [0.5, 0.6) is 0 Å². The fourth-order valence-electron chi connectivity index (χ4n) is 1.79. The molecule has 2 unspecified atom stereocenters. The smallest absolute Gasteiger partial charge is 0.0632 e. The van der Waals surface area contributed by atoms with Gasteiger partial charge in [-0.2, -0.15) is 10.2 Å². The maximum Gasteiger partial charge on any atom is 0.0632 e. The van der Waals surface area contributed by atoms with E-state index in [1.165, 1.54) is 6.42 Å². The van der Waals surface area contributed by atoms with Gasteiger partial charge in [-0.1, -0.05) is 27.2 Å². The number of hydrogen-bond donors (Lipinski definition) is 0. The molecule has 1 rings (SSSR count). The Bertz CT molecular complexity index is 140. The third-order valence-electron chi connectivity index (χ3n) is 2.69. The Morgan fingerprint density at radius 3 is 2.36 bits per heavy atom. The highest BCUT2D eigenvalue weighted by molar-refractivity contribution is 4.77. The zero-order chi connectivity index (χ0) is 8.27. The lowest BCUT2D eigenvalue weighted by atomic mass is 9.81. The van der Waals surface area contributed by atoms with Crippen LogP contribution < -0.4 is 0 Å². The van der Waals surface area contributed by atoms with Crippen LogP contribution in [-0.2, 0) is 0 Å². The summed E-state index contributed by atoms with van der Waals surface area (Å²) in [6.07, 6.45) is 1.25. The van der Waals surface area contributed by atoms with Crippen molar-refractivity contribution in [2.24, 2.45) is 28.0 Å². The first-order valence-corrected chi connectivity index (χ1v) is 4.59. The van der Waals surface area contributed by atoms with Crippen molar-refractivity contribution in [3.63, 3.8) is 0 Å². The van der Waals surface area contributed by atoms with E-state index in [1.807, 2.05) is 0 Å². The maximum absolute atomic E-state index is 4.10. The zero-order valence-corrected chi connectivity index (χ0v) is 7.75. The quantitative estimate of drug-likeness (QED) is 0.584. The predicted molar refractivity (Wildman–Crippen MR) is 46.7 cm³/mol. The highest BCUT2D eigenvalue weighted by atomic mass is 15.1. The van der Waals surface area contributed by atoms with E-state index in [0.717, 1.165) is 30.8 Å². The minimum absolute atomic E-state index is 0.763. The van der Waals surface area contributed by atoms with Crippen LogP contribution in [0, 0.1) is 17.8 Å². The minimum atomic E-state index is 0.763. The molecule has 0 bridgehead atoms. The lowest BCUT2D eigenvalue weighted by Gasteiger charge is -2.28. The Balaban J connectivity index is 2.54. The number of nitrogens with zero attached hydrogens (tertiary/aromatic N) is 2. The zero-order valence-electron chi connectivity index (χ0n) is 7.75. The van der Waals surface area contributed by atoms with E-state index < -0.39 is 0 Å². The third-order valence-corrected chi connectivity index (χ3v) is 2.69. The average Bonchev–Trinajstić information content (AvgIpc) is 2.04. The molecule has 0 aromatic carbocycles. The Labute approximate surface area is 69.1 Å². The van der Waals surface area contributed by atoms with Crippen LogP contribution >= 0.6 is 0 Å². The van der Waals surface area contributed by atoms with Crippen molar-refractivity contribution in [3.05, 3.63) is 0 Å². The van der Waals surface area contributed by atoms with Crippen LogP contribution in [0.15, 0.2) is 10.2 Å². The van der Waals surface area contributed by atoms with Crippen LogP contribution in [0.1, 0.15) is 27.2 Å². The molecular formula is C9H18N2. The van der Waals surface area contributed by atoms with Gasteiger partial charge in [0.05, 0.1) is 13.1 Å². The van der Waals surface area contributed by atoms with Crippen molar-refractivity contribution < 1.29 is 0 Å². The van der Waals surface area contributed by atoms with Gasteiger partial charge in [0.15, 0.2) is 0 Å². The summed E-state index contributed by atoms with van der Waals surface area (Å²) in [5, 5.41) is 8.19. The third kappa shape index (κ3) is 2.01. The van der Waals surface area contributed by atoms with E-state index in [2.05, 4.69) is 31.0 Å². The van der Waals surface area contributed by atoms with E-state index in [1.54, 1.807) is 0 Å². The molecule has 11 heavy (non-hydrogen) atoms. The second-order valence-corrected chi connectivity index (χ2v) is 3.72.